The van der Waals surface area contributed by atoms with Crippen molar-refractivity contribution in [3.05, 3.63) is 48.5 Å². The van der Waals surface area contributed by atoms with Crippen molar-refractivity contribution in [1.29, 1.82) is 0 Å². The molecule has 1 aliphatic rings. The summed E-state index contributed by atoms with van der Waals surface area (Å²) < 4.78 is 37.6. The lowest BCUT2D eigenvalue weighted by Gasteiger charge is -2.16. The van der Waals surface area contributed by atoms with Gasteiger partial charge in [-0.15, -0.1) is 0 Å². The Hall–Kier alpha value is -3.17. The Morgan fingerprint density at radius 3 is 2.68 bits per heavy atom. The highest BCUT2D eigenvalue weighted by Gasteiger charge is 2.45. The number of nitrogens with two attached hydrogens (primary N) is 1. The highest BCUT2D eigenvalue weighted by molar-refractivity contribution is 7.85. The van der Waals surface area contributed by atoms with Gasteiger partial charge in [-0.05, 0) is 12.1 Å². The number of fused-ring (bicyclic) bond motifs is 1. The van der Waals surface area contributed by atoms with Crippen LogP contribution >= 0.6 is 0 Å². The molecule has 3 aromatic rings. The minimum absolute atomic E-state index is 0.121. The first-order valence-electron chi connectivity index (χ1n) is 8.98. The number of nitrogens with one attached hydrogen (secondary N) is 1. The molecule has 1 aromatic carbocycles. The molecule has 1 aliphatic heterocycles. The molecule has 0 bridgehead atoms. The zero-order chi connectivity index (χ0) is 22.2. The van der Waals surface area contributed by atoms with Gasteiger partial charge in [0.05, 0.1) is 12.9 Å². The minimum atomic E-state index is -4.50. The zero-order valence-electron chi connectivity index (χ0n) is 15.8. The molecule has 164 valence electrons. The molecule has 0 aliphatic carbocycles. The number of hydrogen-bond donors (Lipinski definition) is 4. The number of hydrogen-bond acceptors (Lipinski definition) is 11. The molecule has 0 saturated carbocycles. The number of nitrogens with zero attached hydrogens (tertiary/aromatic N) is 4. The van der Waals surface area contributed by atoms with E-state index in [0.29, 0.717) is 0 Å². The topological polar surface area (TPSA) is 192 Å². The second-order valence-corrected chi connectivity index (χ2v) is 8.01. The van der Waals surface area contributed by atoms with E-state index in [1.54, 1.807) is 22.9 Å². The van der Waals surface area contributed by atoms with Gasteiger partial charge in [-0.2, -0.15) is 8.42 Å². The van der Waals surface area contributed by atoms with Crippen molar-refractivity contribution in [2.75, 3.05) is 12.3 Å². The molecule has 0 spiro atoms. The summed E-state index contributed by atoms with van der Waals surface area (Å²) in [5.41, 5.74) is 6.39. The van der Waals surface area contributed by atoms with Gasteiger partial charge < -0.3 is 20.7 Å². The van der Waals surface area contributed by atoms with Crippen LogP contribution in [-0.2, 0) is 19.2 Å². The van der Waals surface area contributed by atoms with Crippen LogP contribution in [0.4, 0.5) is 5.82 Å². The lowest BCUT2D eigenvalue weighted by molar-refractivity contribution is -0.0468. The van der Waals surface area contributed by atoms with E-state index in [9.17, 15) is 23.4 Å². The smallest absolute Gasteiger partial charge is 0.362 e. The summed E-state index contributed by atoms with van der Waals surface area (Å²) in [5, 5.41) is 20.7. The number of aromatic nitrogens is 4. The largest absolute Gasteiger partial charge is 0.387 e. The Morgan fingerprint density at radius 2 is 1.94 bits per heavy atom. The van der Waals surface area contributed by atoms with Crippen molar-refractivity contribution >= 4 is 33.2 Å². The third kappa shape index (κ3) is 4.19. The summed E-state index contributed by atoms with van der Waals surface area (Å²) in [6.07, 6.45) is -2.78. The van der Waals surface area contributed by atoms with Gasteiger partial charge >= 0.3 is 10.3 Å². The number of carbonyl (C=O) groups excluding carboxylic acids is 1. The first-order valence-corrected chi connectivity index (χ1v) is 10.4. The number of aliphatic hydroxyl groups excluding tert-OH is 2. The third-order valence-corrected chi connectivity index (χ3v) is 5.52. The summed E-state index contributed by atoms with van der Waals surface area (Å²) in [7, 11) is -4.50. The Kier molecular flexibility index (Phi) is 5.55. The van der Waals surface area contributed by atoms with E-state index in [4.69, 9.17) is 14.7 Å². The summed E-state index contributed by atoms with van der Waals surface area (Å²) in [6, 6.07) is 7.69. The fraction of sp³-hybridized carbons (Fsp3) is 0.294. The molecule has 1 amide bonds. The average Bonchev–Trinajstić information content (AvgIpc) is 3.29. The first kappa shape index (κ1) is 21.1. The van der Waals surface area contributed by atoms with Gasteiger partial charge in [-0.3, -0.25) is 13.5 Å². The van der Waals surface area contributed by atoms with Crippen molar-refractivity contribution < 1.29 is 32.3 Å². The van der Waals surface area contributed by atoms with E-state index in [0.717, 1.165) is 0 Å². The second kappa shape index (κ2) is 8.16. The maximum absolute atomic E-state index is 12.1. The summed E-state index contributed by atoms with van der Waals surface area (Å²) in [4.78, 5) is 23.9. The number of amides is 1. The van der Waals surface area contributed by atoms with E-state index in [-0.39, 0.29) is 22.5 Å². The van der Waals surface area contributed by atoms with Crippen LogP contribution in [0.5, 0.6) is 0 Å². The Morgan fingerprint density at radius 1 is 1.19 bits per heavy atom. The standard InChI is InChI=1S/C17H18N6O7S/c18-14-11-15(20-7-19-14)23(8-21-11)17-13(25)12(24)10(30-17)6-29-31(27,28)22-16(26)9-4-2-1-3-5-9/h1-5,7-8,10,12-13,17,24-25H,6H2,(H,22,26)(H2,18,19,20)/t10-,12?,13?,17-/m1/s1. The van der Waals surface area contributed by atoms with Crippen LogP contribution in [0.25, 0.3) is 11.2 Å². The number of nitrogen functional groups attached to an aromatic ring is 1. The SMILES string of the molecule is Nc1ncnc2c1ncn2[C@@H]1O[C@H](COS(=O)(=O)NC(=O)c2ccccc2)C(O)C1O. The zero-order valence-corrected chi connectivity index (χ0v) is 16.6. The predicted molar refractivity (Wildman–Crippen MR) is 104 cm³/mol. The van der Waals surface area contributed by atoms with Crippen LogP contribution in [0.15, 0.2) is 43.0 Å². The van der Waals surface area contributed by atoms with Gasteiger partial charge in [0.2, 0.25) is 0 Å². The molecular formula is C17H18N6O7S. The maximum Gasteiger partial charge on any atom is 0.362 e. The van der Waals surface area contributed by atoms with E-state index < -0.39 is 47.4 Å². The Labute approximate surface area is 175 Å². The van der Waals surface area contributed by atoms with Crippen molar-refractivity contribution in [1.82, 2.24) is 24.2 Å². The van der Waals surface area contributed by atoms with Crippen LogP contribution in [0.3, 0.4) is 0 Å². The molecule has 4 atom stereocenters. The van der Waals surface area contributed by atoms with Gasteiger partial charge in [0, 0.05) is 5.56 Å². The predicted octanol–water partition coefficient (Wildman–Crippen LogP) is -1.28. The molecule has 13 nitrogen and oxygen atoms in total. The lowest BCUT2D eigenvalue weighted by Crippen LogP contribution is -2.37. The quantitative estimate of drug-likeness (QED) is 0.349. The Bertz CT molecular complexity index is 1200. The number of benzene rings is 1. The first-order chi connectivity index (χ1) is 14.8. The minimum Gasteiger partial charge on any atom is -0.387 e. The highest BCUT2D eigenvalue weighted by atomic mass is 32.2. The summed E-state index contributed by atoms with van der Waals surface area (Å²) in [6.45, 7) is -0.657. The second-order valence-electron chi connectivity index (χ2n) is 6.67. The third-order valence-electron chi connectivity index (χ3n) is 4.64. The van der Waals surface area contributed by atoms with Crippen LogP contribution < -0.4 is 10.5 Å². The van der Waals surface area contributed by atoms with E-state index in [1.807, 2.05) is 0 Å². The van der Waals surface area contributed by atoms with Gasteiger partial charge in [0.25, 0.3) is 5.91 Å². The Balaban J connectivity index is 1.43. The molecule has 4 rings (SSSR count). The van der Waals surface area contributed by atoms with Crippen molar-refractivity contribution in [2.45, 2.75) is 24.5 Å². The number of imidazole rings is 1. The normalized spacial score (nSPS) is 23.8. The van der Waals surface area contributed by atoms with E-state index in [1.165, 1.54) is 29.4 Å². The number of aliphatic hydroxyl groups is 2. The van der Waals surface area contributed by atoms with Crippen molar-refractivity contribution in [3.63, 3.8) is 0 Å². The summed E-state index contributed by atoms with van der Waals surface area (Å²) >= 11 is 0. The number of ether oxygens (including phenoxy) is 1. The number of anilines is 1. The van der Waals surface area contributed by atoms with Crippen molar-refractivity contribution in [2.24, 2.45) is 0 Å². The van der Waals surface area contributed by atoms with Crippen LogP contribution in [-0.4, -0.2) is 69.0 Å². The van der Waals surface area contributed by atoms with Crippen molar-refractivity contribution in [3.8, 4) is 0 Å². The van der Waals surface area contributed by atoms with Crippen LogP contribution in [0, 0.1) is 0 Å². The molecule has 0 radical (unpaired) electrons. The molecule has 5 N–H and O–H groups in total. The molecule has 3 heterocycles. The molecule has 1 fully saturated rings. The fourth-order valence-electron chi connectivity index (χ4n) is 3.10. The maximum atomic E-state index is 12.1. The fourth-order valence-corrected chi connectivity index (χ4v) is 3.82. The molecule has 1 saturated heterocycles. The van der Waals surface area contributed by atoms with Gasteiger partial charge in [0.15, 0.2) is 17.7 Å². The lowest BCUT2D eigenvalue weighted by atomic mass is 10.1. The highest BCUT2D eigenvalue weighted by Crippen LogP contribution is 2.32. The van der Waals surface area contributed by atoms with E-state index in [2.05, 4.69) is 15.0 Å². The van der Waals surface area contributed by atoms with E-state index >= 15 is 0 Å². The molecule has 2 aromatic heterocycles. The molecule has 31 heavy (non-hydrogen) atoms. The summed E-state index contributed by atoms with van der Waals surface area (Å²) in [5.74, 6) is -0.759. The van der Waals surface area contributed by atoms with Gasteiger partial charge in [-0.1, -0.05) is 18.2 Å². The monoisotopic (exact) mass is 450 g/mol. The van der Waals surface area contributed by atoms with Gasteiger partial charge in [0.1, 0.15) is 30.2 Å². The molecular weight excluding hydrogens is 432 g/mol. The van der Waals surface area contributed by atoms with Gasteiger partial charge in [-0.25, -0.2) is 19.7 Å². The van der Waals surface area contributed by atoms with Crippen LogP contribution in [0.2, 0.25) is 0 Å². The number of rotatable bonds is 6. The molecule has 2 unspecified atom stereocenters. The average molecular weight is 450 g/mol. The number of carbonyl (C=O) groups is 1. The molecule has 14 heteroatoms. The van der Waals surface area contributed by atoms with Crippen LogP contribution in [0.1, 0.15) is 16.6 Å².